The fraction of sp³-hybridized carbons (Fsp3) is 0.200. The van der Waals surface area contributed by atoms with E-state index in [0.29, 0.717) is 5.56 Å². The van der Waals surface area contributed by atoms with Gasteiger partial charge >= 0.3 is 0 Å². The maximum atomic E-state index is 8.37. The molecule has 0 saturated heterocycles. The Bertz CT molecular complexity index is 325. The van der Waals surface area contributed by atoms with Gasteiger partial charge in [0.1, 0.15) is 12.7 Å². The minimum absolute atomic E-state index is 0.123. The summed E-state index contributed by atoms with van der Waals surface area (Å²) in [5.74, 6) is 0. The first-order valence-electron chi connectivity index (χ1n) is 2.80. The van der Waals surface area contributed by atoms with E-state index in [1.54, 1.807) is 0 Å². The third-order valence-electron chi connectivity index (χ3n) is 1.03. The second-order valence-electron chi connectivity index (χ2n) is 1.75. The lowest BCUT2D eigenvalue weighted by Gasteiger charge is -1.88. The molecule has 0 radical (unpaired) electrons. The van der Waals surface area contributed by atoms with Gasteiger partial charge in [0.25, 0.3) is 0 Å². The molecule has 1 aromatic heterocycles. The molecule has 0 unspecified atom stereocenters. The predicted octanol–water partition coefficient (Wildman–Crippen LogP) is 1.02. The summed E-state index contributed by atoms with van der Waals surface area (Å²) >= 11 is 0. The summed E-state index contributed by atoms with van der Waals surface area (Å²) < 4.78 is 1.39. The summed E-state index contributed by atoms with van der Waals surface area (Å²) in [6.45, 7) is 0.123. The Labute approximate surface area is 62.3 Å². The van der Waals surface area contributed by atoms with Crippen LogP contribution in [0.2, 0.25) is 0 Å². The van der Waals surface area contributed by atoms with Gasteiger partial charge in [0.15, 0.2) is 0 Å². The SMILES string of the molecule is N#Cc1cnn(CN=[N+]=[N-])c1. The number of nitrogens with zero attached hydrogens (tertiary/aromatic N) is 6. The van der Waals surface area contributed by atoms with E-state index < -0.39 is 0 Å². The standard InChI is InChI=1S/C5H4N6/c6-1-5-2-9-11(3-5)4-8-10-7/h2-3H,4H2. The van der Waals surface area contributed by atoms with Gasteiger partial charge in [-0.1, -0.05) is 5.11 Å². The summed E-state index contributed by atoms with van der Waals surface area (Å²) in [5, 5.41) is 15.4. The van der Waals surface area contributed by atoms with Gasteiger partial charge in [-0.25, -0.2) is 0 Å². The molecule has 1 rings (SSSR count). The van der Waals surface area contributed by atoms with Crippen molar-refractivity contribution in [2.75, 3.05) is 0 Å². The molecular formula is C5H4N6. The molecule has 0 aliphatic rings. The van der Waals surface area contributed by atoms with Gasteiger partial charge in [-0.2, -0.15) is 10.4 Å². The molecule has 11 heavy (non-hydrogen) atoms. The highest BCUT2D eigenvalue weighted by Crippen LogP contribution is 1.94. The van der Waals surface area contributed by atoms with Crippen LogP contribution in [-0.4, -0.2) is 9.78 Å². The van der Waals surface area contributed by atoms with Crippen LogP contribution in [0.4, 0.5) is 0 Å². The van der Waals surface area contributed by atoms with Crippen LogP contribution in [0.5, 0.6) is 0 Å². The van der Waals surface area contributed by atoms with Gasteiger partial charge in [-0.3, -0.25) is 4.68 Å². The van der Waals surface area contributed by atoms with Crippen molar-refractivity contribution in [3.63, 3.8) is 0 Å². The molecule has 0 spiro atoms. The van der Waals surface area contributed by atoms with Crippen molar-refractivity contribution in [2.45, 2.75) is 6.67 Å². The molecule has 1 aromatic rings. The summed E-state index contributed by atoms with van der Waals surface area (Å²) in [7, 11) is 0. The van der Waals surface area contributed by atoms with E-state index in [9.17, 15) is 0 Å². The van der Waals surface area contributed by atoms with Crippen LogP contribution in [0.3, 0.4) is 0 Å². The van der Waals surface area contributed by atoms with E-state index in [1.807, 2.05) is 6.07 Å². The molecule has 0 saturated carbocycles. The smallest absolute Gasteiger partial charge is 0.120 e. The zero-order chi connectivity index (χ0) is 8.10. The lowest BCUT2D eigenvalue weighted by molar-refractivity contribution is 0.635. The molecule has 0 aliphatic carbocycles. The summed E-state index contributed by atoms with van der Waals surface area (Å²) in [5.41, 5.74) is 8.40. The van der Waals surface area contributed by atoms with Crippen LogP contribution < -0.4 is 0 Å². The molecule has 6 heteroatoms. The molecule has 0 aromatic carbocycles. The van der Waals surface area contributed by atoms with Gasteiger partial charge in [0.2, 0.25) is 0 Å². The highest BCUT2D eigenvalue weighted by molar-refractivity contribution is 5.21. The second kappa shape index (κ2) is 3.25. The molecule has 0 amide bonds. The maximum Gasteiger partial charge on any atom is 0.120 e. The van der Waals surface area contributed by atoms with E-state index >= 15 is 0 Å². The van der Waals surface area contributed by atoms with Crippen molar-refractivity contribution in [2.24, 2.45) is 5.11 Å². The van der Waals surface area contributed by atoms with E-state index in [-0.39, 0.29) is 6.67 Å². The molecule has 54 valence electrons. The van der Waals surface area contributed by atoms with E-state index in [0.717, 1.165) is 0 Å². The summed E-state index contributed by atoms with van der Waals surface area (Å²) in [6, 6.07) is 1.91. The molecule has 0 fully saturated rings. The number of nitriles is 1. The maximum absolute atomic E-state index is 8.37. The van der Waals surface area contributed by atoms with Crippen molar-refractivity contribution in [3.05, 3.63) is 28.4 Å². The van der Waals surface area contributed by atoms with Gasteiger partial charge in [-0.15, -0.1) is 0 Å². The molecule has 1 heterocycles. The molecular weight excluding hydrogens is 144 g/mol. The zero-order valence-electron chi connectivity index (χ0n) is 5.55. The Morgan fingerprint density at radius 2 is 2.73 bits per heavy atom. The molecule has 0 N–H and O–H groups in total. The van der Waals surface area contributed by atoms with Gasteiger partial charge in [0.05, 0.1) is 11.8 Å². The van der Waals surface area contributed by atoms with Crippen molar-refractivity contribution in [3.8, 4) is 6.07 Å². The molecule has 0 bridgehead atoms. The van der Waals surface area contributed by atoms with Crippen molar-refractivity contribution in [1.82, 2.24) is 9.78 Å². The first-order chi connectivity index (χ1) is 5.36. The van der Waals surface area contributed by atoms with Crippen LogP contribution >= 0.6 is 0 Å². The third kappa shape index (κ3) is 1.71. The average Bonchev–Trinajstić information content (AvgIpc) is 2.48. The van der Waals surface area contributed by atoms with Crippen molar-refractivity contribution >= 4 is 0 Å². The predicted molar refractivity (Wildman–Crippen MR) is 36.1 cm³/mol. The zero-order valence-corrected chi connectivity index (χ0v) is 5.55. The Kier molecular flexibility index (Phi) is 2.10. The topological polar surface area (TPSA) is 90.4 Å². The van der Waals surface area contributed by atoms with Crippen molar-refractivity contribution in [1.29, 1.82) is 5.26 Å². The summed E-state index contributed by atoms with van der Waals surface area (Å²) in [4.78, 5) is 2.55. The Balaban J connectivity index is 2.74. The summed E-state index contributed by atoms with van der Waals surface area (Å²) in [6.07, 6.45) is 2.92. The molecule has 0 aliphatic heterocycles. The fourth-order valence-corrected chi connectivity index (χ4v) is 0.592. The Hall–Kier alpha value is -1.99. The minimum Gasteiger partial charge on any atom is -0.265 e. The van der Waals surface area contributed by atoms with Gasteiger partial charge < -0.3 is 0 Å². The van der Waals surface area contributed by atoms with Gasteiger partial charge in [-0.05, 0) is 5.53 Å². The first-order valence-corrected chi connectivity index (χ1v) is 2.80. The van der Waals surface area contributed by atoms with E-state index in [4.69, 9.17) is 10.8 Å². The average molecular weight is 148 g/mol. The van der Waals surface area contributed by atoms with Crippen molar-refractivity contribution < 1.29 is 0 Å². The number of aromatic nitrogens is 2. The normalized spacial score (nSPS) is 8.27. The third-order valence-corrected chi connectivity index (χ3v) is 1.03. The number of azide groups is 1. The highest BCUT2D eigenvalue weighted by Gasteiger charge is 1.93. The minimum atomic E-state index is 0.123. The lowest BCUT2D eigenvalue weighted by atomic mass is 10.4. The largest absolute Gasteiger partial charge is 0.265 e. The fourth-order valence-electron chi connectivity index (χ4n) is 0.592. The van der Waals surface area contributed by atoms with Crippen LogP contribution in [0.15, 0.2) is 17.5 Å². The first kappa shape index (κ1) is 7.12. The quantitative estimate of drug-likeness (QED) is 0.356. The number of rotatable bonds is 2. The van der Waals surface area contributed by atoms with Crippen LogP contribution in [0.25, 0.3) is 10.4 Å². The molecule has 6 nitrogen and oxygen atoms in total. The Morgan fingerprint density at radius 3 is 3.27 bits per heavy atom. The van der Waals surface area contributed by atoms with Gasteiger partial charge in [0, 0.05) is 11.1 Å². The van der Waals surface area contributed by atoms with Crippen LogP contribution in [-0.2, 0) is 6.67 Å². The Morgan fingerprint density at radius 1 is 1.91 bits per heavy atom. The van der Waals surface area contributed by atoms with E-state index in [2.05, 4.69) is 15.1 Å². The van der Waals surface area contributed by atoms with Crippen LogP contribution in [0.1, 0.15) is 5.56 Å². The second-order valence-corrected chi connectivity index (χ2v) is 1.75. The van der Waals surface area contributed by atoms with E-state index in [1.165, 1.54) is 17.1 Å². The molecule has 0 atom stereocenters. The van der Waals surface area contributed by atoms with Crippen LogP contribution in [0, 0.1) is 11.3 Å². The number of hydrogen-bond donors (Lipinski definition) is 0. The monoisotopic (exact) mass is 148 g/mol. The number of hydrogen-bond acceptors (Lipinski definition) is 3. The highest BCUT2D eigenvalue weighted by atomic mass is 15.3. The lowest BCUT2D eigenvalue weighted by Crippen LogP contribution is -1.93.